The van der Waals surface area contributed by atoms with E-state index in [2.05, 4.69) is 30.2 Å². The smallest absolute Gasteiger partial charge is 0.213 e. The van der Waals surface area contributed by atoms with E-state index in [0.29, 0.717) is 6.04 Å². The molecule has 1 N–H and O–H groups in total. The molecule has 0 saturated heterocycles. The normalized spacial score (nSPS) is 16.9. The molecule has 1 fully saturated rings. The molecule has 3 heteroatoms. The van der Waals surface area contributed by atoms with E-state index in [9.17, 15) is 0 Å². The monoisotopic (exact) mass is 262 g/mol. The van der Waals surface area contributed by atoms with Gasteiger partial charge in [-0.25, -0.2) is 4.98 Å². The molecule has 0 radical (unpaired) electrons. The number of rotatable bonds is 8. The minimum absolute atomic E-state index is 0.358. The first kappa shape index (κ1) is 14.3. The van der Waals surface area contributed by atoms with E-state index in [0.717, 1.165) is 31.4 Å². The summed E-state index contributed by atoms with van der Waals surface area (Å²) in [7, 11) is 0. The van der Waals surface area contributed by atoms with E-state index in [1.54, 1.807) is 0 Å². The standard InChI is InChI=1S/C16H26N2O/c1-3-10-17-13(2)15-7-8-16(18-12-15)19-11-9-14-5-4-6-14/h7-8,12-14,17H,3-6,9-11H2,1-2H3. The van der Waals surface area contributed by atoms with Crippen molar-refractivity contribution < 1.29 is 4.74 Å². The Balaban J connectivity index is 1.73. The Hall–Kier alpha value is -1.09. The Morgan fingerprint density at radius 2 is 2.26 bits per heavy atom. The Kier molecular flexibility index (Phi) is 5.64. The van der Waals surface area contributed by atoms with Gasteiger partial charge in [0.1, 0.15) is 0 Å². The van der Waals surface area contributed by atoms with Gasteiger partial charge >= 0.3 is 0 Å². The van der Waals surface area contributed by atoms with Crippen LogP contribution in [0.25, 0.3) is 0 Å². The molecule has 1 saturated carbocycles. The second-order valence-electron chi connectivity index (χ2n) is 5.54. The molecule has 1 aliphatic rings. The lowest BCUT2D eigenvalue weighted by molar-refractivity contribution is 0.217. The van der Waals surface area contributed by atoms with Crippen molar-refractivity contribution in [3.63, 3.8) is 0 Å². The van der Waals surface area contributed by atoms with Gasteiger partial charge in [0.05, 0.1) is 6.61 Å². The van der Waals surface area contributed by atoms with Crippen LogP contribution >= 0.6 is 0 Å². The molecule has 0 amide bonds. The molecule has 19 heavy (non-hydrogen) atoms. The van der Waals surface area contributed by atoms with Gasteiger partial charge in [-0.05, 0) is 37.8 Å². The topological polar surface area (TPSA) is 34.1 Å². The number of ether oxygens (including phenoxy) is 1. The van der Waals surface area contributed by atoms with Crippen LogP contribution in [-0.4, -0.2) is 18.1 Å². The highest BCUT2D eigenvalue weighted by Gasteiger charge is 2.16. The van der Waals surface area contributed by atoms with Crippen molar-refractivity contribution in [2.24, 2.45) is 5.92 Å². The molecule has 1 aromatic rings. The van der Waals surface area contributed by atoms with Gasteiger partial charge in [0.25, 0.3) is 0 Å². The summed E-state index contributed by atoms with van der Waals surface area (Å²) in [5.74, 6) is 1.66. The number of nitrogens with zero attached hydrogens (tertiary/aromatic N) is 1. The van der Waals surface area contributed by atoms with Crippen molar-refractivity contribution in [2.45, 2.75) is 52.0 Å². The average molecular weight is 262 g/mol. The third-order valence-electron chi connectivity index (χ3n) is 3.96. The SMILES string of the molecule is CCCNC(C)c1ccc(OCCC2CCC2)nc1. The van der Waals surface area contributed by atoms with Gasteiger partial charge in [0.15, 0.2) is 0 Å². The molecule has 0 aliphatic heterocycles. The third kappa shape index (κ3) is 4.50. The highest BCUT2D eigenvalue weighted by molar-refractivity contribution is 5.20. The van der Waals surface area contributed by atoms with Gasteiger partial charge in [-0.1, -0.05) is 32.3 Å². The van der Waals surface area contributed by atoms with E-state index in [-0.39, 0.29) is 0 Å². The molecule has 0 bridgehead atoms. The molecule has 0 aromatic carbocycles. The van der Waals surface area contributed by atoms with E-state index in [1.807, 2.05) is 12.3 Å². The summed E-state index contributed by atoms with van der Waals surface area (Å²) in [4.78, 5) is 4.39. The maximum absolute atomic E-state index is 5.70. The van der Waals surface area contributed by atoms with Gasteiger partial charge < -0.3 is 10.1 Å². The summed E-state index contributed by atoms with van der Waals surface area (Å²) in [6.07, 6.45) is 8.43. The molecule has 1 atom stereocenters. The van der Waals surface area contributed by atoms with Crippen molar-refractivity contribution in [1.82, 2.24) is 10.3 Å². The van der Waals surface area contributed by atoms with Crippen LogP contribution in [0.15, 0.2) is 18.3 Å². The minimum Gasteiger partial charge on any atom is -0.478 e. The van der Waals surface area contributed by atoms with Crippen LogP contribution in [0.4, 0.5) is 0 Å². The van der Waals surface area contributed by atoms with Crippen LogP contribution in [0.5, 0.6) is 5.88 Å². The van der Waals surface area contributed by atoms with Crippen molar-refractivity contribution in [1.29, 1.82) is 0 Å². The summed E-state index contributed by atoms with van der Waals surface area (Å²) >= 11 is 0. The van der Waals surface area contributed by atoms with Gasteiger partial charge in [0, 0.05) is 18.3 Å². The van der Waals surface area contributed by atoms with Crippen LogP contribution in [0.3, 0.4) is 0 Å². The molecular weight excluding hydrogens is 236 g/mol. The van der Waals surface area contributed by atoms with Gasteiger partial charge in [-0.3, -0.25) is 0 Å². The molecule has 1 aromatic heterocycles. The predicted octanol–water partition coefficient (Wildman–Crippen LogP) is 3.71. The number of nitrogens with one attached hydrogen (secondary N) is 1. The highest BCUT2D eigenvalue weighted by Crippen LogP contribution is 2.29. The summed E-state index contributed by atoms with van der Waals surface area (Å²) < 4.78 is 5.70. The quantitative estimate of drug-likeness (QED) is 0.775. The number of pyridine rings is 1. The van der Waals surface area contributed by atoms with E-state index >= 15 is 0 Å². The van der Waals surface area contributed by atoms with Crippen LogP contribution in [-0.2, 0) is 0 Å². The first-order valence-corrected chi connectivity index (χ1v) is 7.61. The van der Waals surface area contributed by atoms with E-state index in [4.69, 9.17) is 4.74 Å². The van der Waals surface area contributed by atoms with Crippen molar-refractivity contribution in [3.05, 3.63) is 23.9 Å². The van der Waals surface area contributed by atoms with Crippen LogP contribution in [0.2, 0.25) is 0 Å². The molecular formula is C16H26N2O. The molecule has 3 nitrogen and oxygen atoms in total. The van der Waals surface area contributed by atoms with Crippen LogP contribution in [0, 0.1) is 5.92 Å². The Bertz CT molecular complexity index is 360. The maximum atomic E-state index is 5.70. The molecule has 1 aliphatic carbocycles. The first-order valence-electron chi connectivity index (χ1n) is 7.61. The molecule has 2 rings (SSSR count). The number of hydrogen-bond donors (Lipinski definition) is 1. The first-order chi connectivity index (χ1) is 9.29. The van der Waals surface area contributed by atoms with Gasteiger partial charge in [-0.2, -0.15) is 0 Å². The lowest BCUT2D eigenvalue weighted by Gasteiger charge is -2.24. The molecule has 1 unspecified atom stereocenters. The van der Waals surface area contributed by atoms with Crippen LogP contribution < -0.4 is 10.1 Å². The fourth-order valence-electron chi connectivity index (χ4n) is 2.32. The number of aromatic nitrogens is 1. The molecule has 106 valence electrons. The zero-order valence-corrected chi connectivity index (χ0v) is 12.2. The molecule has 0 spiro atoms. The molecule has 1 heterocycles. The maximum Gasteiger partial charge on any atom is 0.213 e. The van der Waals surface area contributed by atoms with E-state index in [1.165, 1.54) is 31.2 Å². The minimum atomic E-state index is 0.358. The average Bonchev–Trinajstić information content (AvgIpc) is 2.39. The zero-order chi connectivity index (χ0) is 13.5. The van der Waals surface area contributed by atoms with E-state index < -0.39 is 0 Å². The summed E-state index contributed by atoms with van der Waals surface area (Å²) in [5.41, 5.74) is 1.22. The lowest BCUT2D eigenvalue weighted by atomic mass is 9.83. The van der Waals surface area contributed by atoms with Crippen molar-refractivity contribution >= 4 is 0 Å². The second kappa shape index (κ2) is 7.49. The van der Waals surface area contributed by atoms with Crippen molar-refractivity contribution in [3.8, 4) is 5.88 Å². The summed E-state index contributed by atoms with van der Waals surface area (Å²) in [6, 6.07) is 4.45. The summed E-state index contributed by atoms with van der Waals surface area (Å²) in [6.45, 7) is 6.20. The fraction of sp³-hybridized carbons (Fsp3) is 0.688. The lowest BCUT2D eigenvalue weighted by Crippen LogP contribution is -2.19. The Morgan fingerprint density at radius 1 is 1.42 bits per heavy atom. The van der Waals surface area contributed by atoms with Gasteiger partial charge in [0.2, 0.25) is 5.88 Å². The second-order valence-corrected chi connectivity index (χ2v) is 5.54. The van der Waals surface area contributed by atoms with Gasteiger partial charge in [-0.15, -0.1) is 0 Å². The Morgan fingerprint density at radius 3 is 2.84 bits per heavy atom. The third-order valence-corrected chi connectivity index (χ3v) is 3.96. The van der Waals surface area contributed by atoms with Crippen LogP contribution in [0.1, 0.15) is 57.6 Å². The predicted molar refractivity (Wildman–Crippen MR) is 78.4 cm³/mol. The zero-order valence-electron chi connectivity index (χ0n) is 12.2. The largest absolute Gasteiger partial charge is 0.478 e. The van der Waals surface area contributed by atoms with Crippen molar-refractivity contribution in [2.75, 3.05) is 13.2 Å². The highest BCUT2D eigenvalue weighted by atomic mass is 16.5. The number of hydrogen-bond acceptors (Lipinski definition) is 3. The fourth-order valence-corrected chi connectivity index (χ4v) is 2.32. The summed E-state index contributed by atoms with van der Waals surface area (Å²) in [5, 5.41) is 3.46. The Labute approximate surface area is 116 Å².